The van der Waals surface area contributed by atoms with Crippen molar-refractivity contribution in [2.45, 2.75) is 70.0 Å². The molecule has 4 rings (SSSR count). The zero-order valence-electron chi connectivity index (χ0n) is 16.3. The van der Waals surface area contributed by atoms with E-state index in [-0.39, 0.29) is 11.8 Å². The number of hydrogen-bond donors (Lipinski definition) is 2. The van der Waals surface area contributed by atoms with E-state index in [1.807, 2.05) is 17.0 Å². The SMILES string of the molecule is O=C(NC[C@H]1CCN(C2CCCCC2)C1)N(Cc1cccc(O)c1)C1CC1. The van der Waals surface area contributed by atoms with Gasteiger partial charge in [0.2, 0.25) is 0 Å². The van der Waals surface area contributed by atoms with Crippen LogP contribution in [0.4, 0.5) is 4.79 Å². The first-order valence-electron chi connectivity index (χ1n) is 10.8. The van der Waals surface area contributed by atoms with E-state index in [1.165, 1.54) is 45.1 Å². The van der Waals surface area contributed by atoms with E-state index in [4.69, 9.17) is 0 Å². The van der Waals surface area contributed by atoms with Crippen molar-refractivity contribution >= 4 is 6.03 Å². The number of benzene rings is 1. The number of hydrogen-bond acceptors (Lipinski definition) is 3. The molecule has 1 aliphatic heterocycles. The molecule has 3 aliphatic rings. The maximum Gasteiger partial charge on any atom is 0.317 e. The molecular weight excluding hydrogens is 338 g/mol. The Morgan fingerprint density at radius 1 is 1.15 bits per heavy atom. The Labute approximate surface area is 162 Å². The first kappa shape index (κ1) is 18.6. The number of urea groups is 1. The number of phenolic OH excluding ortho intramolecular Hbond substituents is 1. The molecule has 1 aromatic rings. The van der Waals surface area contributed by atoms with E-state index in [1.54, 1.807) is 12.1 Å². The minimum absolute atomic E-state index is 0.0527. The third kappa shape index (κ3) is 4.95. The van der Waals surface area contributed by atoms with Gasteiger partial charge in [0, 0.05) is 31.7 Å². The lowest BCUT2D eigenvalue weighted by atomic mass is 9.94. The molecule has 0 radical (unpaired) electrons. The topological polar surface area (TPSA) is 55.8 Å². The van der Waals surface area contributed by atoms with E-state index in [0.29, 0.717) is 18.5 Å². The number of carbonyl (C=O) groups excluding carboxylic acids is 1. The molecule has 1 heterocycles. The van der Waals surface area contributed by atoms with E-state index in [2.05, 4.69) is 10.2 Å². The lowest BCUT2D eigenvalue weighted by Gasteiger charge is -2.31. The van der Waals surface area contributed by atoms with Gasteiger partial charge in [0.1, 0.15) is 5.75 Å². The highest BCUT2D eigenvalue weighted by molar-refractivity contribution is 5.75. The molecule has 2 amide bonds. The summed E-state index contributed by atoms with van der Waals surface area (Å²) in [4.78, 5) is 17.4. The van der Waals surface area contributed by atoms with Gasteiger partial charge in [-0.05, 0) is 62.3 Å². The Morgan fingerprint density at radius 2 is 1.96 bits per heavy atom. The van der Waals surface area contributed by atoms with Crippen LogP contribution in [0.5, 0.6) is 5.75 Å². The number of amides is 2. The van der Waals surface area contributed by atoms with Gasteiger partial charge in [0.05, 0.1) is 0 Å². The van der Waals surface area contributed by atoms with Crippen molar-refractivity contribution in [2.75, 3.05) is 19.6 Å². The van der Waals surface area contributed by atoms with Crippen LogP contribution in [0.1, 0.15) is 56.9 Å². The first-order valence-corrected chi connectivity index (χ1v) is 10.8. The highest BCUT2D eigenvalue weighted by atomic mass is 16.3. The van der Waals surface area contributed by atoms with Crippen LogP contribution >= 0.6 is 0 Å². The molecule has 2 N–H and O–H groups in total. The predicted molar refractivity (Wildman–Crippen MR) is 107 cm³/mol. The summed E-state index contributed by atoms with van der Waals surface area (Å²) >= 11 is 0. The third-order valence-corrected chi connectivity index (χ3v) is 6.46. The van der Waals surface area contributed by atoms with Crippen LogP contribution in [0.2, 0.25) is 0 Å². The van der Waals surface area contributed by atoms with Crippen LogP contribution in [0.15, 0.2) is 24.3 Å². The molecule has 2 aliphatic carbocycles. The van der Waals surface area contributed by atoms with Crippen molar-refractivity contribution in [2.24, 2.45) is 5.92 Å². The Hall–Kier alpha value is -1.75. The monoisotopic (exact) mass is 371 g/mol. The van der Waals surface area contributed by atoms with Crippen molar-refractivity contribution in [1.82, 2.24) is 15.1 Å². The number of likely N-dealkylation sites (tertiary alicyclic amines) is 1. The summed E-state index contributed by atoms with van der Waals surface area (Å²) in [5.74, 6) is 0.843. The Morgan fingerprint density at radius 3 is 2.70 bits per heavy atom. The molecule has 5 heteroatoms. The molecular formula is C22H33N3O2. The van der Waals surface area contributed by atoms with Gasteiger partial charge in [-0.15, -0.1) is 0 Å². The lowest BCUT2D eigenvalue weighted by Crippen LogP contribution is -2.43. The summed E-state index contributed by atoms with van der Waals surface area (Å²) in [6.07, 6.45) is 10.3. The molecule has 1 atom stereocenters. The number of carbonyl (C=O) groups is 1. The second kappa shape index (κ2) is 8.51. The van der Waals surface area contributed by atoms with E-state index >= 15 is 0 Å². The molecule has 0 bridgehead atoms. The quantitative estimate of drug-likeness (QED) is 0.801. The number of rotatable bonds is 6. The van der Waals surface area contributed by atoms with Crippen LogP contribution in [0, 0.1) is 5.92 Å². The van der Waals surface area contributed by atoms with Crippen molar-refractivity contribution < 1.29 is 9.90 Å². The summed E-state index contributed by atoms with van der Waals surface area (Å²) in [7, 11) is 0. The normalized spacial score (nSPS) is 24.1. The molecule has 0 aromatic heterocycles. The lowest BCUT2D eigenvalue weighted by molar-refractivity contribution is 0.180. The van der Waals surface area contributed by atoms with E-state index in [0.717, 1.165) is 37.5 Å². The van der Waals surface area contributed by atoms with Crippen molar-refractivity contribution in [3.05, 3.63) is 29.8 Å². The maximum atomic E-state index is 12.8. The highest BCUT2D eigenvalue weighted by Crippen LogP contribution is 2.30. The standard InChI is InChI=1S/C22H33N3O2/c26-21-8-4-5-17(13-21)16-25(20-9-10-20)22(27)23-14-18-11-12-24(15-18)19-6-2-1-3-7-19/h4-5,8,13,18-20,26H,1-3,6-7,9-12,14-16H2,(H,23,27)/t18-/m1/s1. The van der Waals surface area contributed by atoms with Crippen LogP contribution in [0.3, 0.4) is 0 Å². The van der Waals surface area contributed by atoms with Crippen LogP contribution in [-0.2, 0) is 6.54 Å². The molecule has 0 unspecified atom stereocenters. The highest BCUT2D eigenvalue weighted by Gasteiger charge is 2.34. The zero-order valence-corrected chi connectivity index (χ0v) is 16.3. The van der Waals surface area contributed by atoms with Crippen LogP contribution in [0.25, 0.3) is 0 Å². The molecule has 2 saturated carbocycles. The summed E-state index contributed by atoms with van der Waals surface area (Å²) in [6.45, 7) is 3.69. The maximum absolute atomic E-state index is 12.8. The van der Waals surface area contributed by atoms with Crippen LogP contribution in [-0.4, -0.2) is 52.7 Å². The second-order valence-corrected chi connectivity index (χ2v) is 8.66. The smallest absolute Gasteiger partial charge is 0.317 e. The fourth-order valence-corrected chi connectivity index (χ4v) is 4.74. The molecule has 1 aromatic carbocycles. The largest absolute Gasteiger partial charge is 0.508 e. The Balaban J connectivity index is 1.26. The minimum atomic E-state index is 0.0527. The van der Waals surface area contributed by atoms with Gasteiger partial charge in [0.15, 0.2) is 0 Å². The van der Waals surface area contributed by atoms with Crippen molar-refractivity contribution in [3.8, 4) is 5.75 Å². The molecule has 27 heavy (non-hydrogen) atoms. The van der Waals surface area contributed by atoms with Crippen molar-refractivity contribution in [3.63, 3.8) is 0 Å². The molecule has 148 valence electrons. The predicted octanol–water partition coefficient (Wildman–Crippen LogP) is 3.72. The van der Waals surface area contributed by atoms with Gasteiger partial charge in [0.25, 0.3) is 0 Å². The molecule has 3 fully saturated rings. The summed E-state index contributed by atoms with van der Waals surface area (Å²) in [6, 6.07) is 8.43. The van der Waals surface area contributed by atoms with Crippen molar-refractivity contribution in [1.29, 1.82) is 0 Å². The fourth-order valence-electron chi connectivity index (χ4n) is 4.74. The van der Waals surface area contributed by atoms with Gasteiger partial charge in [-0.2, -0.15) is 0 Å². The van der Waals surface area contributed by atoms with Gasteiger partial charge >= 0.3 is 6.03 Å². The van der Waals surface area contributed by atoms with E-state index in [9.17, 15) is 9.90 Å². The Bertz CT molecular complexity index is 640. The Kier molecular flexibility index (Phi) is 5.86. The molecule has 1 saturated heterocycles. The second-order valence-electron chi connectivity index (χ2n) is 8.66. The number of nitrogens with zero attached hydrogens (tertiary/aromatic N) is 2. The summed E-state index contributed by atoms with van der Waals surface area (Å²) in [5.41, 5.74) is 0.987. The zero-order chi connectivity index (χ0) is 18.6. The van der Waals surface area contributed by atoms with E-state index < -0.39 is 0 Å². The minimum Gasteiger partial charge on any atom is -0.508 e. The first-order chi connectivity index (χ1) is 13.2. The van der Waals surface area contributed by atoms with Gasteiger partial charge in [-0.3, -0.25) is 0 Å². The third-order valence-electron chi connectivity index (χ3n) is 6.46. The molecule has 5 nitrogen and oxygen atoms in total. The summed E-state index contributed by atoms with van der Waals surface area (Å²) < 4.78 is 0. The molecule has 0 spiro atoms. The van der Waals surface area contributed by atoms with Gasteiger partial charge < -0.3 is 20.2 Å². The van der Waals surface area contributed by atoms with Crippen LogP contribution < -0.4 is 5.32 Å². The average Bonchev–Trinajstić information content (AvgIpc) is 3.42. The number of phenols is 1. The number of nitrogens with one attached hydrogen (secondary N) is 1. The summed E-state index contributed by atoms with van der Waals surface area (Å²) in [5, 5.41) is 12.9. The van der Waals surface area contributed by atoms with Gasteiger partial charge in [-0.1, -0.05) is 31.4 Å². The fraction of sp³-hybridized carbons (Fsp3) is 0.682. The van der Waals surface area contributed by atoms with Gasteiger partial charge in [-0.25, -0.2) is 4.79 Å². The number of aromatic hydroxyl groups is 1. The average molecular weight is 372 g/mol.